The maximum absolute atomic E-state index is 3.53. The quantitative estimate of drug-likeness (QED) is 0.780. The molecule has 17 heavy (non-hydrogen) atoms. The molecule has 0 saturated carbocycles. The Labute approximate surface area is 104 Å². The number of aryl methyl sites for hydroxylation is 1. The van der Waals surface area contributed by atoms with Gasteiger partial charge in [0.2, 0.25) is 0 Å². The van der Waals surface area contributed by atoms with Gasteiger partial charge < -0.3 is 9.88 Å². The molecule has 0 aliphatic heterocycles. The highest BCUT2D eigenvalue weighted by atomic mass is 14.9. The van der Waals surface area contributed by atoms with Crippen molar-refractivity contribution in [2.75, 3.05) is 6.54 Å². The van der Waals surface area contributed by atoms with Crippen LogP contribution in [0.1, 0.15) is 25.8 Å². The molecule has 1 aromatic carbocycles. The summed E-state index contributed by atoms with van der Waals surface area (Å²) in [6.07, 6.45) is 3.47. The second-order valence-corrected chi connectivity index (χ2v) is 5.14. The maximum Gasteiger partial charge on any atom is 0.0481 e. The molecule has 1 aromatic heterocycles. The first-order valence-electron chi connectivity index (χ1n) is 6.42. The van der Waals surface area contributed by atoms with E-state index in [2.05, 4.69) is 61.2 Å². The molecule has 2 nitrogen and oxygen atoms in total. The summed E-state index contributed by atoms with van der Waals surface area (Å²) in [5.74, 6) is 0.773. The van der Waals surface area contributed by atoms with E-state index in [1.165, 1.54) is 22.9 Å². The molecular weight excluding hydrogens is 208 g/mol. The average Bonchev–Trinajstić information content (AvgIpc) is 2.63. The Morgan fingerprint density at radius 1 is 1.24 bits per heavy atom. The van der Waals surface area contributed by atoms with Gasteiger partial charge in [-0.3, -0.25) is 0 Å². The molecule has 0 aliphatic rings. The van der Waals surface area contributed by atoms with Crippen LogP contribution in [0.25, 0.3) is 10.9 Å². The third-order valence-corrected chi connectivity index (χ3v) is 3.19. The van der Waals surface area contributed by atoms with Gasteiger partial charge in [-0.05, 0) is 30.5 Å². The van der Waals surface area contributed by atoms with Crippen LogP contribution in [0.5, 0.6) is 0 Å². The Hall–Kier alpha value is -1.28. The molecule has 0 spiro atoms. The van der Waals surface area contributed by atoms with Crippen molar-refractivity contribution in [2.45, 2.75) is 26.8 Å². The van der Waals surface area contributed by atoms with E-state index >= 15 is 0 Å². The van der Waals surface area contributed by atoms with Gasteiger partial charge in [-0.2, -0.15) is 0 Å². The van der Waals surface area contributed by atoms with Crippen LogP contribution in [0.3, 0.4) is 0 Å². The lowest BCUT2D eigenvalue weighted by atomic mass is 10.1. The zero-order valence-electron chi connectivity index (χ0n) is 11.0. The van der Waals surface area contributed by atoms with Gasteiger partial charge in [0.15, 0.2) is 0 Å². The second kappa shape index (κ2) is 5.37. The number of hydrogen-bond acceptors (Lipinski definition) is 1. The van der Waals surface area contributed by atoms with E-state index in [4.69, 9.17) is 0 Å². The third kappa shape index (κ3) is 2.89. The molecule has 1 N–H and O–H groups in total. The van der Waals surface area contributed by atoms with Crippen molar-refractivity contribution in [3.63, 3.8) is 0 Å². The highest BCUT2D eigenvalue weighted by molar-refractivity contribution is 5.83. The molecule has 1 heterocycles. The van der Waals surface area contributed by atoms with E-state index in [9.17, 15) is 0 Å². The molecule has 0 aliphatic carbocycles. The van der Waals surface area contributed by atoms with Crippen LogP contribution < -0.4 is 5.32 Å². The van der Waals surface area contributed by atoms with Crippen LogP contribution in [0.4, 0.5) is 0 Å². The highest BCUT2D eigenvalue weighted by Crippen LogP contribution is 2.19. The SMILES string of the molecule is CC(C)CCNCc1cn(C)c2ccccc12. The highest BCUT2D eigenvalue weighted by Gasteiger charge is 2.04. The molecule has 92 valence electrons. The topological polar surface area (TPSA) is 17.0 Å². The Kier molecular flexibility index (Phi) is 3.85. The largest absolute Gasteiger partial charge is 0.350 e. The number of nitrogens with zero attached hydrogens (tertiary/aromatic N) is 1. The first-order valence-corrected chi connectivity index (χ1v) is 6.42. The molecule has 0 saturated heterocycles. The van der Waals surface area contributed by atoms with E-state index in [1.807, 2.05) is 0 Å². The van der Waals surface area contributed by atoms with Crippen molar-refractivity contribution in [3.8, 4) is 0 Å². The van der Waals surface area contributed by atoms with Gasteiger partial charge in [0.25, 0.3) is 0 Å². The number of nitrogens with one attached hydrogen (secondary N) is 1. The second-order valence-electron chi connectivity index (χ2n) is 5.14. The summed E-state index contributed by atoms with van der Waals surface area (Å²) in [4.78, 5) is 0. The maximum atomic E-state index is 3.53. The fraction of sp³-hybridized carbons (Fsp3) is 0.467. The van der Waals surface area contributed by atoms with Crippen LogP contribution >= 0.6 is 0 Å². The van der Waals surface area contributed by atoms with Gasteiger partial charge in [0.05, 0.1) is 0 Å². The molecule has 0 atom stereocenters. The standard InChI is InChI=1S/C15H22N2/c1-12(2)8-9-16-10-13-11-17(3)15-7-5-4-6-14(13)15/h4-7,11-12,16H,8-10H2,1-3H3. The molecule has 0 unspecified atom stereocenters. The normalized spacial score (nSPS) is 11.5. The van der Waals surface area contributed by atoms with Crippen molar-refractivity contribution >= 4 is 10.9 Å². The van der Waals surface area contributed by atoms with Crippen molar-refractivity contribution < 1.29 is 0 Å². The minimum atomic E-state index is 0.773. The summed E-state index contributed by atoms with van der Waals surface area (Å²) in [6.45, 7) is 6.59. The van der Waals surface area contributed by atoms with E-state index < -0.39 is 0 Å². The number of benzene rings is 1. The minimum absolute atomic E-state index is 0.773. The number of rotatable bonds is 5. The molecule has 0 fully saturated rings. The fourth-order valence-corrected chi connectivity index (χ4v) is 2.18. The number of fused-ring (bicyclic) bond motifs is 1. The van der Waals surface area contributed by atoms with Crippen LogP contribution in [0.15, 0.2) is 30.5 Å². The predicted molar refractivity (Wildman–Crippen MR) is 74.1 cm³/mol. The molecule has 2 heteroatoms. The van der Waals surface area contributed by atoms with Crippen molar-refractivity contribution in [1.29, 1.82) is 0 Å². The summed E-state index contributed by atoms with van der Waals surface area (Å²) in [5, 5.41) is 4.89. The van der Waals surface area contributed by atoms with Gasteiger partial charge in [-0.15, -0.1) is 0 Å². The van der Waals surface area contributed by atoms with Gasteiger partial charge in [-0.1, -0.05) is 32.0 Å². The van der Waals surface area contributed by atoms with Gasteiger partial charge >= 0.3 is 0 Å². The van der Waals surface area contributed by atoms with Crippen LogP contribution in [0, 0.1) is 5.92 Å². The first kappa shape index (κ1) is 12.2. The molecule has 0 radical (unpaired) electrons. The Balaban J connectivity index is 2.04. The lowest BCUT2D eigenvalue weighted by Gasteiger charge is -2.06. The molecule has 2 rings (SSSR count). The first-order chi connectivity index (χ1) is 8.18. The Morgan fingerprint density at radius 2 is 2.00 bits per heavy atom. The molecule has 0 amide bonds. The number of hydrogen-bond donors (Lipinski definition) is 1. The van der Waals surface area contributed by atoms with Gasteiger partial charge in [0.1, 0.15) is 0 Å². The van der Waals surface area contributed by atoms with Crippen molar-refractivity contribution in [3.05, 3.63) is 36.0 Å². The van der Waals surface area contributed by atoms with Crippen molar-refractivity contribution in [2.24, 2.45) is 13.0 Å². The fourth-order valence-electron chi connectivity index (χ4n) is 2.18. The van der Waals surface area contributed by atoms with Crippen molar-refractivity contribution in [1.82, 2.24) is 9.88 Å². The van der Waals surface area contributed by atoms with Gasteiger partial charge in [-0.25, -0.2) is 0 Å². The summed E-state index contributed by atoms with van der Waals surface area (Å²) in [5.41, 5.74) is 2.71. The predicted octanol–water partition coefficient (Wildman–Crippen LogP) is 3.31. The van der Waals surface area contributed by atoms with E-state index in [1.54, 1.807) is 0 Å². The number of para-hydroxylation sites is 1. The third-order valence-electron chi connectivity index (χ3n) is 3.19. The summed E-state index contributed by atoms with van der Waals surface area (Å²) < 4.78 is 2.20. The van der Waals surface area contributed by atoms with E-state index in [0.29, 0.717) is 0 Å². The summed E-state index contributed by atoms with van der Waals surface area (Å²) >= 11 is 0. The zero-order valence-corrected chi connectivity index (χ0v) is 11.0. The Bertz CT molecular complexity index is 483. The lowest BCUT2D eigenvalue weighted by Crippen LogP contribution is -2.16. The monoisotopic (exact) mass is 230 g/mol. The van der Waals surface area contributed by atoms with Crippen LogP contribution in [0.2, 0.25) is 0 Å². The molecule has 2 aromatic rings. The number of aromatic nitrogens is 1. The van der Waals surface area contributed by atoms with E-state index in [-0.39, 0.29) is 0 Å². The van der Waals surface area contributed by atoms with E-state index in [0.717, 1.165) is 19.0 Å². The summed E-state index contributed by atoms with van der Waals surface area (Å²) in [6, 6.07) is 8.58. The lowest BCUT2D eigenvalue weighted by molar-refractivity contribution is 0.538. The zero-order chi connectivity index (χ0) is 12.3. The summed E-state index contributed by atoms with van der Waals surface area (Å²) in [7, 11) is 2.11. The average molecular weight is 230 g/mol. The Morgan fingerprint density at radius 3 is 2.76 bits per heavy atom. The smallest absolute Gasteiger partial charge is 0.0481 e. The van der Waals surface area contributed by atoms with Gasteiger partial charge in [0, 0.05) is 30.7 Å². The van der Waals surface area contributed by atoms with Crippen LogP contribution in [-0.4, -0.2) is 11.1 Å². The molecule has 0 bridgehead atoms. The molecular formula is C15H22N2. The van der Waals surface area contributed by atoms with Crippen LogP contribution in [-0.2, 0) is 13.6 Å². The minimum Gasteiger partial charge on any atom is -0.350 e.